The normalized spacial score (nSPS) is 17.6. The topological polar surface area (TPSA) is 128 Å². The van der Waals surface area contributed by atoms with Gasteiger partial charge >= 0.3 is 0 Å². The Morgan fingerprint density at radius 1 is 1.13 bits per heavy atom. The second kappa shape index (κ2) is 10.2. The number of piperidine rings is 1. The second-order valence-corrected chi connectivity index (χ2v) is 11.1. The summed E-state index contributed by atoms with van der Waals surface area (Å²) in [5, 5.41) is 16.6. The van der Waals surface area contributed by atoms with Crippen LogP contribution in [0.4, 0.5) is 17.1 Å². The molecule has 5 rings (SSSR count). The van der Waals surface area contributed by atoms with Crippen LogP contribution in [0.15, 0.2) is 53.4 Å². The highest BCUT2D eigenvalue weighted by atomic mass is 32.2. The van der Waals surface area contributed by atoms with Crippen LogP contribution < -0.4 is 20.3 Å². The van der Waals surface area contributed by atoms with Crippen molar-refractivity contribution in [3.8, 4) is 5.75 Å². The molecule has 1 unspecified atom stereocenters. The van der Waals surface area contributed by atoms with Crippen LogP contribution >= 0.6 is 0 Å². The third kappa shape index (κ3) is 4.26. The van der Waals surface area contributed by atoms with Gasteiger partial charge in [0, 0.05) is 48.2 Å². The van der Waals surface area contributed by atoms with E-state index in [-0.39, 0.29) is 23.1 Å². The molecule has 1 saturated heterocycles. The number of carbonyl (C=O) groups is 2. The number of carbonyl (C=O) groups excluding carboxylic acids is 2. The summed E-state index contributed by atoms with van der Waals surface area (Å²) >= 11 is 0. The van der Waals surface area contributed by atoms with Gasteiger partial charge in [0.15, 0.2) is 6.79 Å². The predicted molar refractivity (Wildman–Crippen MR) is 145 cm³/mol. The molecule has 0 aromatic heterocycles. The molecule has 3 aromatic carbocycles. The van der Waals surface area contributed by atoms with E-state index in [9.17, 15) is 23.1 Å². The fourth-order valence-corrected chi connectivity index (χ4v) is 7.01. The molecule has 38 heavy (non-hydrogen) atoms. The Morgan fingerprint density at radius 2 is 1.92 bits per heavy atom. The highest BCUT2D eigenvalue weighted by Crippen LogP contribution is 2.41. The highest BCUT2D eigenvalue weighted by molar-refractivity contribution is 7.89. The van der Waals surface area contributed by atoms with E-state index >= 15 is 0 Å². The summed E-state index contributed by atoms with van der Waals surface area (Å²) in [5.41, 5.74) is 2.44. The summed E-state index contributed by atoms with van der Waals surface area (Å²) < 4.78 is 33.8. The van der Waals surface area contributed by atoms with E-state index in [0.717, 1.165) is 16.5 Å². The molecule has 0 radical (unpaired) electrons. The lowest BCUT2D eigenvalue weighted by molar-refractivity contribution is -0.120. The van der Waals surface area contributed by atoms with E-state index in [4.69, 9.17) is 4.74 Å². The van der Waals surface area contributed by atoms with E-state index in [2.05, 4.69) is 10.6 Å². The van der Waals surface area contributed by atoms with Gasteiger partial charge in [0.1, 0.15) is 11.8 Å². The standard InChI is InChI=1S/C27H30N4O6S/c1-3-30-22-13-12-20(18-7-6-8-19(25(18)22)27(30)34)29-26(33)23-9-4-5-14-31(23)38(35,36)17-10-11-21(28-2)24(15-17)37-16-32/h6-8,10-13,15,23,28,32H,3-5,9,14,16H2,1-2H3,(H,29,33). The molecule has 200 valence electrons. The first-order valence-corrected chi connectivity index (χ1v) is 14.0. The third-order valence-electron chi connectivity index (χ3n) is 7.16. The van der Waals surface area contributed by atoms with E-state index < -0.39 is 28.8 Å². The predicted octanol–water partition coefficient (Wildman–Crippen LogP) is 3.37. The fourth-order valence-electron chi connectivity index (χ4n) is 5.33. The zero-order chi connectivity index (χ0) is 27.0. The Kier molecular flexibility index (Phi) is 6.99. The Hall–Kier alpha value is -3.67. The molecular weight excluding hydrogens is 508 g/mol. The van der Waals surface area contributed by atoms with Crippen molar-refractivity contribution in [2.75, 3.05) is 42.5 Å². The summed E-state index contributed by atoms with van der Waals surface area (Å²) in [6, 6.07) is 12.4. The van der Waals surface area contributed by atoms with Crippen molar-refractivity contribution in [2.24, 2.45) is 0 Å². The van der Waals surface area contributed by atoms with Gasteiger partial charge in [-0.15, -0.1) is 0 Å². The van der Waals surface area contributed by atoms with Crippen molar-refractivity contribution in [1.29, 1.82) is 0 Å². The Morgan fingerprint density at radius 3 is 2.66 bits per heavy atom. The van der Waals surface area contributed by atoms with E-state index in [1.807, 2.05) is 19.1 Å². The molecule has 0 saturated carbocycles. The number of benzene rings is 3. The van der Waals surface area contributed by atoms with Gasteiger partial charge in [0.2, 0.25) is 15.9 Å². The van der Waals surface area contributed by atoms with E-state index in [0.29, 0.717) is 42.7 Å². The van der Waals surface area contributed by atoms with Crippen LogP contribution in [0.3, 0.4) is 0 Å². The number of amides is 2. The second-order valence-electron chi connectivity index (χ2n) is 9.21. The smallest absolute Gasteiger partial charge is 0.258 e. The number of hydrogen-bond acceptors (Lipinski definition) is 7. The lowest BCUT2D eigenvalue weighted by Gasteiger charge is -2.33. The van der Waals surface area contributed by atoms with Crippen LogP contribution in [0.5, 0.6) is 5.75 Å². The number of hydrogen-bond donors (Lipinski definition) is 3. The van der Waals surface area contributed by atoms with Crippen molar-refractivity contribution >= 4 is 49.7 Å². The Labute approximate surface area is 221 Å². The molecule has 2 amide bonds. The number of nitrogens with one attached hydrogen (secondary N) is 2. The zero-order valence-corrected chi connectivity index (χ0v) is 22.0. The molecule has 0 spiro atoms. The fraction of sp³-hybridized carbons (Fsp3) is 0.333. The molecule has 0 aliphatic carbocycles. The first kappa shape index (κ1) is 26.0. The molecule has 1 fully saturated rings. The van der Waals surface area contributed by atoms with Crippen molar-refractivity contribution in [1.82, 2.24) is 4.31 Å². The molecule has 1 atom stereocenters. The van der Waals surface area contributed by atoms with Gasteiger partial charge in [-0.05, 0) is 50.1 Å². The molecule has 11 heteroatoms. The summed E-state index contributed by atoms with van der Waals surface area (Å²) in [5.74, 6) is -0.308. The molecule has 0 bridgehead atoms. The number of anilines is 3. The number of rotatable bonds is 8. The highest BCUT2D eigenvalue weighted by Gasteiger charge is 2.38. The quantitative estimate of drug-likeness (QED) is 0.375. The van der Waals surface area contributed by atoms with Crippen LogP contribution in [0, 0.1) is 0 Å². The maximum Gasteiger partial charge on any atom is 0.258 e. The van der Waals surface area contributed by atoms with Crippen LogP contribution in [0.25, 0.3) is 10.8 Å². The average molecular weight is 539 g/mol. The monoisotopic (exact) mass is 538 g/mol. The lowest BCUT2D eigenvalue weighted by atomic mass is 10.0. The minimum atomic E-state index is -4.05. The third-order valence-corrected chi connectivity index (χ3v) is 9.07. The maximum atomic E-state index is 13.7. The van der Waals surface area contributed by atoms with Gasteiger partial charge in [-0.1, -0.05) is 18.6 Å². The molecule has 2 aliphatic heterocycles. The van der Waals surface area contributed by atoms with Crippen LogP contribution in [-0.2, 0) is 14.8 Å². The van der Waals surface area contributed by atoms with Crippen LogP contribution in [0.1, 0.15) is 36.5 Å². The lowest BCUT2D eigenvalue weighted by Crippen LogP contribution is -2.49. The molecule has 2 heterocycles. The van der Waals surface area contributed by atoms with Gasteiger partial charge < -0.3 is 25.4 Å². The Bertz CT molecular complexity index is 1520. The number of sulfonamides is 1. The minimum Gasteiger partial charge on any atom is -0.466 e. The SMILES string of the molecule is CCN1C(=O)c2cccc3c(NC(=O)C4CCCCN4S(=O)(=O)c4ccc(NC)c(OCO)c4)ccc1c23. The Balaban J connectivity index is 1.47. The number of aliphatic hydroxyl groups excluding tert-OH is 1. The van der Waals surface area contributed by atoms with Crippen LogP contribution in [-0.4, -0.2) is 62.6 Å². The molecule has 2 aliphatic rings. The van der Waals surface area contributed by atoms with Gasteiger partial charge in [0.25, 0.3) is 5.91 Å². The van der Waals surface area contributed by atoms with E-state index in [1.54, 1.807) is 36.2 Å². The number of aliphatic hydroxyl groups is 1. The summed E-state index contributed by atoms with van der Waals surface area (Å²) in [4.78, 5) is 28.1. The largest absolute Gasteiger partial charge is 0.466 e. The molecule has 3 N–H and O–H groups in total. The summed E-state index contributed by atoms with van der Waals surface area (Å²) in [6.07, 6.45) is 1.72. The first-order chi connectivity index (χ1) is 18.3. The maximum absolute atomic E-state index is 13.7. The number of nitrogens with zero attached hydrogens (tertiary/aromatic N) is 2. The van der Waals surface area contributed by atoms with Crippen molar-refractivity contribution < 1.29 is 27.9 Å². The first-order valence-electron chi connectivity index (χ1n) is 12.6. The molecule has 10 nitrogen and oxygen atoms in total. The van der Waals surface area contributed by atoms with Crippen LogP contribution in [0.2, 0.25) is 0 Å². The van der Waals surface area contributed by atoms with Gasteiger partial charge in [-0.25, -0.2) is 8.42 Å². The zero-order valence-electron chi connectivity index (χ0n) is 21.2. The summed E-state index contributed by atoms with van der Waals surface area (Å²) in [7, 11) is -2.39. The average Bonchev–Trinajstić information content (AvgIpc) is 3.22. The van der Waals surface area contributed by atoms with Crippen molar-refractivity contribution in [3.63, 3.8) is 0 Å². The number of ether oxygens (including phenoxy) is 1. The summed E-state index contributed by atoms with van der Waals surface area (Å²) in [6.45, 7) is 2.04. The van der Waals surface area contributed by atoms with Gasteiger partial charge in [-0.2, -0.15) is 4.31 Å². The van der Waals surface area contributed by atoms with E-state index in [1.165, 1.54) is 16.4 Å². The van der Waals surface area contributed by atoms with Crippen molar-refractivity contribution in [2.45, 2.75) is 37.1 Å². The molecule has 3 aromatic rings. The molecular formula is C27H30N4O6S. The minimum absolute atomic E-state index is 0.0249. The van der Waals surface area contributed by atoms with Gasteiger partial charge in [0.05, 0.1) is 16.3 Å². The van der Waals surface area contributed by atoms with Crippen molar-refractivity contribution in [3.05, 3.63) is 54.1 Å². The van der Waals surface area contributed by atoms with Gasteiger partial charge in [-0.3, -0.25) is 9.59 Å².